The number of rotatable bonds is 8. The molecule has 1 aliphatic rings. The highest BCUT2D eigenvalue weighted by Gasteiger charge is 2.31. The number of amides is 2. The summed E-state index contributed by atoms with van der Waals surface area (Å²) in [5, 5.41) is 7.98. The maximum absolute atomic E-state index is 13.2. The molecule has 2 aromatic carbocycles. The van der Waals surface area contributed by atoms with E-state index in [0.717, 1.165) is 32.9 Å². The number of anilines is 2. The third-order valence-electron chi connectivity index (χ3n) is 8.03. The average molecular weight is 571 g/mol. The second kappa shape index (κ2) is 12.3. The molecule has 2 N–H and O–H groups in total. The Bertz CT molecular complexity index is 1520. The van der Waals surface area contributed by atoms with Crippen molar-refractivity contribution in [3.63, 3.8) is 0 Å². The lowest BCUT2D eigenvalue weighted by Gasteiger charge is -2.43. The van der Waals surface area contributed by atoms with E-state index in [4.69, 9.17) is 9.47 Å². The summed E-state index contributed by atoms with van der Waals surface area (Å²) in [6, 6.07) is 11.5. The van der Waals surface area contributed by atoms with Crippen LogP contribution < -0.4 is 20.1 Å². The Hall–Kier alpha value is -4.28. The third-order valence-corrected chi connectivity index (χ3v) is 8.03. The van der Waals surface area contributed by atoms with Crippen molar-refractivity contribution in [2.45, 2.75) is 39.8 Å². The molecule has 42 heavy (non-hydrogen) atoms. The van der Waals surface area contributed by atoms with E-state index in [-0.39, 0.29) is 37.0 Å². The van der Waals surface area contributed by atoms with E-state index in [1.807, 2.05) is 38.1 Å². The number of benzene rings is 2. The normalized spacial score (nSPS) is 17.8. The molecule has 220 valence electrons. The van der Waals surface area contributed by atoms with Crippen LogP contribution in [0.2, 0.25) is 0 Å². The summed E-state index contributed by atoms with van der Waals surface area (Å²) in [4.78, 5) is 39.7. The molecule has 10 nitrogen and oxygen atoms in total. The molecule has 0 saturated carbocycles. The van der Waals surface area contributed by atoms with Crippen LogP contribution in [0, 0.1) is 13.8 Å². The molecule has 10 heteroatoms. The minimum absolute atomic E-state index is 0.0733. The largest absolute Gasteiger partial charge is 0.497 e. The summed E-state index contributed by atoms with van der Waals surface area (Å²) in [5.41, 5.74) is 4.84. The van der Waals surface area contributed by atoms with Gasteiger partial charge in [0.15, 0.2) is 0 Å². The zero-order valence-electron chi connectivity index (χ0n) is 25.0. The van der Waals surface area contributed by atoms with Gasteiger partial charge in [-0.15, -0.1) is 0 Å². The molecule has 1 saturated heterocycles. The molecule has 5 rings (SSSR count). The number of hydrogen-bond donors (Lipinski definition) is 2. The van der Waals surface area contributed by atoms with Crippen LogP contribution in [-0.2, 0) is 9.59 Å². The number of aryl methyl sites for hydroxylation is 2. The Morgan fingerprint density at radius 3 is 1.55 bits per heavy atom. The van der Waals surface area contributed by atoms with E-state index in [1.54, 1.807) is 38.7 Å². The molecular weight excluding hydrogens is 532 g/mol. The molecule has 0 aliphatic carbocycles. The van der Waals surface area contributed by atoms with E-state index in [9.17, 15) is 9.59 Å². The lowest BCUT2D eigenvalue weighted by molar-refractivity contribution is -0.121. The first-order valence-corrected chi connectivity index (χ1v) is 14.1. The van der Waals surface area contributed by atoms with Crippen molar-refractivity contribution >= 4 is 45.0 Å². The number of hydrogen-bond acceptors (Lipinski definition) is 8. The van der Waals surface area contributed by atoms with Gasteiger partial charge >= 0.3 is 0 Å². The van der Waals surface area contributed by atoms with Crippen LogP contribution in [-0.4, -0.2) is 84.1 Å². The smallest absolute Gasteiger partial charge is 0.238 e. The summed E-state index contributed by atoms with van der Waals surface area (Å²) in [6.07, 6.45) is 3.49. The Labute approximate surface area is 246 Å². The average Bonchev–Trinajstić information content (AvgIpc) is 2.96. The van der Waals surface area contributed by atoms with Crippen LogP contribution in [0.25, 0.3) is 21.8 Å². The lowest BCUT2D eigenvalue weighted by atomic mass is 10.1. The van der Waals surface area contributed by atoms with Crippen molar-refractivity contribution < 1.29 is 19.1 Å². The van der Waals surface area contributed by atoms with Crippen LogP contribution in [0.5, 0.6) is 11.5 Å². The van der Waals surface area contributed by atoms with E-state index in [2.05, 4.69) is 44.2 Å². The number of piperazine rings is 1. The Morgan fingerprint density at radius 1 is 0.762 bits per heavy atom. The second-order valence-electron chi connectivity index (χ2n) is 11.1. The first kappa shape index (κ1) is 29.2. The zero-order valence-corrected chi connectivity index (χ0v) is 25.0. The Kier molecular flexibility index (Phi) is 8.56. The molecule has 3 heterocycles. The standard InChI is InChI=1S/C32H38N6O4/c1-19-7-9-33-31-25(19)11-23(41-5)13-27(31)35-29(39)17-37-15-22(4)38(16-21(37)3)18-30(40)36-28-14-24(42-6)12-26-20(2)8-10-34-32(26)28/h7-14,21-22H,15-18H2,1-6H3,(H,35,39)(H,36,40). The first-order chi connectivity index (χ1) is 20.2. The number of ether oxygens (including phenoxy) is 2. The number of methoxy groups -OCH3 is 2. The SMILES string of the molecule is COc1cc(NC(=O)CN2CC(C)N(CC(=O)Nc3cc(OC)cc4c(C)ccnc34)CC2C)c2nccc(C)c2c1. The van der Waals surface area contributed by atoms with E-state index in [0.29, 0.717) is 36.0 Å². The number of carbonyl (C=O) groups is 2. The number of nitrogens with one attached hydrogen (secondary N) is 2. The summed E-state index contributed by atoms with van der Waals surface area (Å²) >= 11 is 0. The van der Waals surface area contributed by atoms with Crippen molar-refractivity contribution in [3.8, 4) is 11.5 Å². The van der Waals surface area contributed by atoms with Gasteiger partial charge in [-0.2, -0.15) is 0 Å². The maximum Gasteiger partial charge on any atom is 0.238 e. The van der Waals surface area contributed by atoms with Gasteiger partial charge in [0.05, 0.1) is 49.7 Å². The van der Waals surface area contributed by atoms with Gasteiger partial charge < -0.3 is 20.1 Å². The molecular formula is C32H38N6O4. The van der Waals surface area contributed by atoms with Crippen LogP contribution in [0.4, 0.5) is 11.4 Å². The molecule has 2 unspecified atom stereocenters. The lowest BCUT2D eigenvalue weighted by Crippen LogP contribution is -2.58. The van der Waals surface area contributed by atoms with E-state index in [1.165, 1.54) is 0 Å². The van der Waals surface area contributed by atoms with Crippen LogP contribution in [0.1, 0.15) is 25.0 Å². The summed E-state index contributed by atoms with van der Waals surface area (Å²) in [5.74, 6) is 1.09. The van der Waals surface area contributed by atoms with Gasteiger partial charge in [-0.1, -0.05) is 0 Å². The number of carbonyl (C=O) groups excluding carboxylic acids is 2. The number of fused-ring (bicyclic) bond motifs is 2. The predicted octanol–water partition coefficient (Wildman–Crippen LogP) is 4.39. The molecule has 1 fully saturated rings. The molecule has 0 radical (unpaired) electrons. The maximum atomic E-state index is 13.2. The fourth-order valence-corrected chi connectivity index (χ4v) is 5.61. The van der Waals surface area contributed by atoms with Crippen molar-refractivity contribution in [3.05, 3.63) is 59.9 Å². The molecule has 0 bridgehead atoms. The van der Waals surface area contributed by atoms with E-state index < -0.39 is 0 Å². The fourth-order valence-electron chi connectivity index (χ4n) is 5.61. The zero-order chi connectivity index (χ0) is 30.0. The van der Waals surface area contributed by atoms with Gasteiger partial charge in [-0.25, -0.2) is 0 Å². The highest BCUT2D eigenvalue weighted by molar-refractivity contribution is 6.03. The molecule has 2 amide bonds. The highest BCUT2D eigenvalue weighted by Crippen LogP contribution is 2.31. The topological polar surface area (TPSA) is 109 Å². The number of aromatic nitrogens is 2. The van der Waals surface area contributed by atoms with Crippen LogP contribution in [0.3, 0.4) is 0 Å². The molecule has 2 atom stereocenters. The molecule has 4 aromatic rings. The van der Waals surface area contributed by atoms with Crippen molar-refractivity contribution in [1.82, 2.24) is 19.8 Å². The number of pyridine rings is 2. The van der Waals surface area contributed by atoms with E-state index >= 15 is 0 Å². The quantitative estimate of drug-likeness (QED) is 0.321. The third kappa shape index (κ3) is 6.14. The van der Waals surface area contributed by atoms with Gasteiger partial charge in [0.1, 0.15) is 11.5 Å². The van der Waals surface area contributed by atoms with Gasteiger partial charge in [0.2, 0.25) is 11.8 Å². The summed E-state index contributed by atoms with van der Waals surface area (Å²) < 4.78 is 10.9. The summed E-state index contributed by atoms with van der Waals surface area (Å²) in [6.45, 7) is 9.95. The van der Waals surface area contributed by atoms with Crippen molar-refractivity contribution in [2.75, 3.05) is 51.0 Å². The molecule has 0 spiro atoms. The minimum atomic E-state index is -0.120. The highest BCUT2D eigenvalue weighted by atomic mass is 16.5. The first-order valence-electron chi connectivity index (χ1n) is 14.1. The Morgan fingerprint density at radius 2 is 1.17 bits per heavy atom. The van der Waals surface area contributed by atoms with Crippen LogP contribution in [0.15, 0.2) is 48.8 Å². The van der Waals surface area contributed by atoms with Gasteiger partial charge in [0.25, 0.3) is 0 Å². The fraction of sp³-hybridized carbons (Fsp3) is 0.375. The Balaban J connectivity index is 1.22. The second-order valence-corrected chi connectivity index (χ2v) is 11.1. The van der Waals surface area contributed by atoms with Crippen molar-refractivity contribution in [1.29, 1.82) is 0 Å². The van der Waals surface area contributed by atoms with Gasteiger partial charge in [-0.3, -0.25) is 29.4 Å². The van der Waals surface area contributed by atoms with Crippen LogP contribution >= 0.6 is 0 Å². The van der Waals surface area contributed by atoms with Gasteiger partial charge in [-0.05, 0) is 63.1 Å². The summed E-state index contributed by atoms with van der Waals surface area (Å²) in [7, 11) is 3.22. The minimum Gasteiger partial charge on any atom is -0.497 e. The predicted molar refractivity (Wildman–Crippen MR) is 165 cm³/mol. The monoisotopic (exact) mass is 570 g/mol. The number of nitrogens with zero attached hydrogens (tertiary/aromatic N) is 4. The van der Waals surface area contributed by atoms with Crippen molar-refractivity contribution in [2.24, 2.45) is 0 Å². The molecule has 2 aromatic heterocycles. The van der Waals surface area contributed by atoms with Gasteiger partial charge in [0, 0.05) is 60.5 Å². The molecule has 1 aliphatic heterocycles.